The average Bonchev–Trinajstić information content (AvgIpc) is 2.05. The van der Waals surface area contributed by atoms with Crippen molar-refractivity contribution in [2.24, 2.45) is 0 Å². The van der Waals surface area contributed by atoms with Crippen molar-refractivity contribution >= 4 is 0 Å². The van der Waals surface area contributed by atoms with Gasteiger partial charge in [-0.2, -0.15) is 0 Å². The number of nitrogens with zero attached hydrogens (tertiary/aromatic N) is 2. The van der Waals surface area contributed by atoms with E-state index in [1.54, 1.807) is 6.20 Å². The number of aromatic nitrogens is 1. The fourth-order valence-corrected chi connectivity index (χ4v) is 1.02. The lowest BCUT2D eigenvalue weighted by Gasteiger charge is -2.05. The van der Waals surface area contributed by atoms with Gasteiger partial charge in [0, 0.05) is 6.20 Å². The third-order valence-electron chi connectivity index (χ3n) is 1.63. The Kier molecular flexibility index (Phi) is 2.78. The van der Waals surface area contributed by atoms with Gasteiger partial charge in [0.25, 0.3) is 0 Å². The van der Waals surface area contributed by atoms with E-state index < -0.39 is 6.10 Å². The SMILES string of the molecule is [C-]#[N+]CC(O)c1ncccc1C. The first kappa shape index (κ1) is 8.69. The van der Waals surface area contributed by atoms with Crippen molar-refractivity contribution in [3.8, 4) is 0 Å². The lowest BCUT2D eigenvalue weighted by molar-refractivity contribution is 0.189. The van der Waals surface area contributed by atoms with Crippen LogP contribution in [0.1, 0.15) is 17.4 Å². The molecular weight excluding hydrogens is 152 g/mol. The highest BCUT2D eigenvalue weighted by Crippen LogP contribution is 2.13. The molecule has 1 atom stereocenters. The number of rotatable bonds is 2. The molecule has 0 amide bonds. The molecule has 0 spiro atoms. The van der Waals surface area contributed by atoms with Crippen LogP contribution in [-0.4, -0.2) is 16.6 Å². The second-order valence-corrected chi connectivity index (χ2v) is 2.56. The Hall–Kier alpha value is -1.40. The van der Waals surface area contributed by atoms with Crippen LogP contribution in [0, 0.1) is 13.5 Å². The highest BCUT2D eigenvalue weighted by atomic mass is 16.3. The van der Waals surface area contributed by atoms with Crippen molar-refractivity contribution in [1.82, 2.24) is 4.98 Å². The van der Waals surface area contributed by atoms with Crippen LogP contribution in [0.15, 0.2) is 18.3 Å². The fraction of sp³-hybridized carbons (Fsp3) is 0.333. The minimum atomic E-state index is -0.747. The minimum Gasteiger partial charge on any atom is -0.379 e. The predicted octanol–water partition coefficient (Wildman–Crippen LogP) is 1.34. The maximum Gasteiger partial charge on any atom is 0.245 e. The van der Waals surface area contributed by atoms with Gasteiger partial charge >= 0.3 is 0 Å². The first-order chi connectivity index (χ1) is 5.75. The molecule has 3 nitrogen and oxygen atoms in total. The van der Waals surface area contributed by atoms with Crippen LogP contribution >= 0.6 is 0 Å². The first-order valence-electron chi connectivity index (χ1n) is 3.68. The van der Waals surface area contributed by atoms with Gasteiger partial charge in [-0.15, -0.1) is 0 Å². The van der Waals surface area contributed by atoms with Crippen molar-refractivity contribution < 1.29 is 5.11 Å². The number of aryl methyl sites for hydroxylation is 1. The van der Waals surface area contributed by atoms with Crippen LogP contribution in [0.2, 0.25) is 0 Å². The lowest BCUT2D eigenvalue weighted by atomic mass is 10.1. The molecule has 0 aliphatic rings. The summed E-state index contributed by atoms with van der Waals surface area (Å²) >= 11 is 0. The number of hydrogen-bond donors (Lipinski definition) is 1. The molecule has 0 bridgehead atoms. The smallest absolute Gasteiger partial charge is 0.245 e. The van der Waals surface area contributed by atoms with Crippen LogP contribution in [-0.2, 0) is 0 Å². The van der Waals surface area contributed by atoms with Gasteiger partial charge in [0.2, 0.25) is 6.54 Å². The van der Waals surface area contributed by atoms with Gasteiger partial charge in [-0.1, -0.05) is 6.07 Å². The summed E-state index contributed by atoms with van der Waals surface area (Å²) in [5.74, 6) is 0. The number of aliphatic hydroxyl groups excluding tert-OH is 1. The summed E-state index contributed by atoms with van der Waals surface area (Å²) in [6.45, 7) is 8.54. The summed E-state index contributed by atoms with van der Waals surface area (Å²) in [5, 5.41) is 9.43. The zero-order valence-electron chi connectivity index (χ0n) is 6.86. The number of hydrogen-bond acceptors (Lipinski definition) is 2. The molecule has 0 radical (unpaired) electrons. The zero-order chi connectivity index (χ0) is 8.97. The Morgan fingerprint density at radius 2 is 2.50 bits per heavy atom. The Bertz CT molecular complexity index is 304. The van der Waals surface area contributed by atoms with Crippen molar-refractivity contribution in [3.05, 3.63) is 41.0 Å². The van der Waals surface area contributed by atoms with Gasteiger partial charge in [0.1, 0.15) is 0 Å². The van der Waals surface area contributed by atoms with Gasteiger partial charge in [-0.05, 0) is 18.6 Å². The molecule has 1 heterocycles. The quantitative estimate of drug-likeness (QED) is 0.666. The fourth-order valence-electron chi connectivity index (χ4n) is 1.02. The molecular formula is C9H10N2O. The normalized spacial score (nSPS) is 12.1. The van der Waals surface area contributed by atoms with Gasteiger partial charge < -0.3 is 9.95 Å². The Morgan fingerprint density at radius 1 is 1.75 bits per heavy atom. The summed E-state index contributed by atoms with van der Waals surface area (Å²) in [5.41, 5.74) is 1.53. The molecule has 0 fully saturated rings. The minimum absolute atomic E-state index is 0.0812. The van der Waals surface area contributed by atoms with E-state index in [0.29, 0.717) is 5.69 Å². The molecule has 1 unspecified atom stereocenters. The Labute approximate surface area is 71.5 Å². The molecule has 62 valence electrons. The molecule has 1 aromatic heterocycles. The highest BCUT2D eigenvalue weighted by molar-refractivity contribution is 5.20. The second kappa shape index (κ2) is 3.84. The van der Waals surface area contributed by atoms with E-state index in [4.69, 9.17) is 6.57 Å². The van der Waals surface area contributed by atoms with Crippen LogP contribution in [0.4, 0.5) is 0 Å². The Balaban J connectivity index is 2.88. The molecule has 0 aliphatic carbocycles. The third kappa shape index (κ3) is 1.80. The maximum atomic E-state index is 9.43. The monoisotopic (exact) mass is 162 g/mol. The third-order valence-corrected chi connectivity index (χ3v) is 1.63. The topological polar surface area (TPSA) is 37.5 Å². The molecule has 1 aromatic rings. The van der Waals surface area contributed by atoms with E-state index >= 15 is 0 Å². The zero-order valence-corrected chi connectivity index (χ0v) is 6.86. The van der Waals surface area contributed by atoms with Crippen LogP contribution < -0.4 is 0 Å². The Morgan fingerprint density at radius 3 is 3.08 bits per heavy atom. The van der Waals surface area contributed by atoms with E-state index in [9.17, 15) is 5.11 Å². The number of aliphatic hydroxyl groups is 1. The summed E-state index contributed by atoms with van der Waals surface area (Å²) < 4.78 is 0. The van der Waals surface area contributed by atoms with E-state index in [2.05, 4.69) is 9.83 Å². The predicted molar refractivity (Wildman–Crippen MR) is 45.4 cm³/mol. The molecule has 12 heavy (non-hydrogen) atoms. The highest BCUT2D eigenvalue weighted by Gasteiger charge is 2.13. The first-order valence-corrected chi connectivity index (χ1v) is 3.68. The summed E-state index contributed by atoms with van der Waals surface area (Å²) in [7, 11) is 0. The number of pyridine rings is 1. The van der Waals surface area contributed by atoms with Crippen molar-refractivity contribution in [3.63, 3.8) is 0 Å². The van der Waals surface area contributed by atoms with Crippen molar-refractivity contribution in [1.29, 1.82) is 0 Å². The standard InChI is InChI=1S/C9H10N2O/c1-7-4-3-5-11-9(7)8(12)6-10-2/h3-5,8,12H,6H2,1H3. The summed E-state index contributed by atoms with van der Waals surface area (Å²) in [4.78, 5) is 7.12. The van der Waals surface area contributed by atoms with Crippen molar-refractivity contribution in [2.75, 3.05) is 6.54 Å². The van der Waals surface area contributed by atoms with Gasteiger partial charge in [0.05, 0.1) is 5.69 Å². The summed E-state index contributed by atoms with van der Waals surface area (Å²) in [6, 6.07) is 3.68. The van der Waals surface area contributed by atoms with Gasteiger partial charge in [-0.3, -0.25) is 4.98 Å². The molecule has 0 aliphatic heterocycles. The molecule has 3 heteroatoms. The van der Waals surface area contributed by atoms with Crippen LogP contribution in [0.3, 0.4) is 0 Å². The maximum absolute atomic E-state index is 9.43. The van der Waals surface area contributed by atoms with Crippen LogP contribution in [0.5, 0.6) is 0 Å². The average molecular weight is 162 g/mol. The molecule has 0 saturated heterocycles. The van der Waals surface area contributed by atoms with Gasteiger partial charge in [0.15, 0.2) is 6.10 Å². The van der Waals surface area contributed by atoms with Crippen molar-refractivity contribution in [2.45, 2.75) is 13.0 Å². The van der Waals surface area contributed by atoms with E-state index in [1.165, 1.54) is 0 Å². The molecule has 1 N–H and O–H groups in total. The van der Waals surface area contributed by atoms with Gasteiger partial charge in [-0.25, -0.2) is 6.57 Å². The molecule has 0 aromatic carbocycles. The second-order valence-electron chi connectivity index (χ2n) is 2.56. The lowest BCUT2D eigenvalue weighted by Crippen LogP contribution is -2.04. The summed E-state index contributed by atoms with van der Waals surface area (Å²) in [6.07, 6.45) is 0.874. The largest absolute Gasteiger partial charge is 0.379 e. The van der Waals surface area contributed by atoms with E-state index in [1.807, 2.05) is 19.1 Å². The van der Waals surface area contributed by atoms with Crippen LogP contribution in [0.25, 0.3) is 4.85 Å². The van der Waals surface area contributed by atoms with E-state index in [-0.39, 0.29) is 6.54 Å². The van der Waals surface area contributed by atoms with E-state index in [0.717, 1.165) is 5.56 Å². The molecule has 1 rings (SSSR count). The molecule has 0 saturated carbocycles.